The normalized spacial score (nSPS) is 27.8. The molecule has 1 heterocycles. The quantitative estimate of drug-likeness (QED) is 0.350. The molecule has 0 saturated carbocycles. The van der Waals surface area contributed by atoms with Crippen molar-refractivity contribution in [2.24, 2.45) is 0 Å². The highest BCUT2D eigenvalue weighted by atomic mass is 31.1. The first kappa shape index (κ1) is 3.29. The van der Waals surface area contributed by atoms with Gasteiger partial charge in [0.1, 0.15) is 5.80 Å². The highest BCUT2D eigenvalue weighted by Crippen LogP contribution is 2.30. The Labute approximate surface area is 31.6 Å². The van der Waals surface area contributed by atoms with Crippen molar-refractivity contribution in [1.82, 2.24) is 5.25 Å². The highest BCUT2D eigenvalue weighted by molar-refractivity contribution is 7.54. The van der Waals surface area contributed by atoms with Crippen LogP contribution < -0.4 is 5.25 Å². The second kappa shape index (κ2) is 1.05. The van der Waals surface area contributed by atoms with E-state index in [1.54, 1.807) is 0 Å². The van der Waals surface area contributed by atoms with Crippen LogP contribution in [0.5, 0.6) is 0 Å². The lowest BCUT2D eigenvalue weighted by Gasteiger charge is -1.27. The van der Waals surface area contributed by atoms with Crippen molar-refractivity contribution in [3.05, 3.63) is 0 Å². The van der Waals surface area contributed by atoms with Gasteiger partial charge in [0.05, 0.1) is 5.25 Å². The van der Waals surface area contributed by atoms with Crippen molar-refractivity contribution >= 4 is 13.7 Å². The van der Waals surface area contributed by atoms with Crippen LogP contribution in [0.15, 0.2) is 0 Å². The summed E-state index contributed by atoms with van der Waals surface area (Å²) in [6.07, 6.45) is 0. The summed E-state index contributed by atoms with van der Waals surface area (Å²) in [5.41, 5.74) is 0. The molecule has 0 aliphatic carbocycles. The molecule has 0 aromatic heterocycles. The van der Waals surface area contributed by atoms with Gasteiger partial charge in [-0.2, -0.15) is 0 Å². The predicted octanol–water partition coefficient (Wildman–Crippen LogP) is 0.655. The zero-order chi connectivity index (χ0) is 3.70. The molecule has 1 atom stereocenters. The third-order valence-corrected chi connectivity index (χ3v) is 1.29. The lowest BCUT2D eigenvalue weighted by molar-refractivity contribution is 0.469. The summed E-state index contributed by atoms with van der Waals surface area (Å²) in [4.78, 5) is 0. The molecule has 0 spiro atoms. The van der Waals surface area contributed by atoms with Crippen molar-refractivity contribution in [3.63, 3.8) is 0 Å². The van der Waals surface area contributed by atoms with Crippen LogP contribution in [0.3, 0.4) is 0 Å². The maximum absolute atomic E-state index is 4.62. The zero-order valence-corrected chi connectivity index (χ0v) is 3.83. The van der Waals surface area contributed by atoms with Gasteiger partial charge >= 0.3 is 7.92 Å². The largest absolute Gasteiger partial charge is 0.402 e. The van der Waals surface area contributed by atoms with Crippen LogP contribution in [0.4, 0.5) is 0 Å². The number of hydrogen-bond donors (Lipinski definition) is 1. The van der Waals surface area contributed by atoms with Crippen LogP contribution in [0.2, 0.25) is 0 Å². The Balaban J connectivity index is 2.46. The third kappa shape index (κ3) is 0.690. The van der Waals surface area contributed by atoms with Gasteiger partial charge in [-0.05, 0) is 11.5 Å². The van der Waals surface area contributed by atoms with E-state index in [0.29, 0.717) is 0 Å². The fourth-order valence-electron chi connectivity index (χ4n) is 0.129. The Kier molecular flexibility index (Phi) is 0.692. The maximum Gasteiger partial charge on any atom is 0.402 e. The van der Waals surface area contributed by atoms with Crippen LogP contribution in [-0.4, -0.2) is 5.80 Å². The fraction of sp³-hybridized carbons (Fsp3) is 0.500. The number of hydrogen-bond acceptors (Lipinski definition) is 2. The van der Waals surface area contributed by atoms with E-state index in [9.17, 15) is 0 Å². The van der Waals surface area contributed by atoms with Gasteiger partial charge in [-0.1, -0.05) is 0 Å². The Morgan fingerprint density at radius 1 is 2.00 bits per heavy atom. The monoisotopic (exact) mass is 90.0 g/mol. The van der Waals surface area contributed by atoms with Crippen LogP contribution in [0.25, 0.3) is 0 Å². The molecule has 0 aromatic carbocycles. The van der Waals surface area contributed by atoms with E-state index in [1.165, 1.54) is 0 Å². The van der Waals surface area contributed by atoms with Gasteiger partial charge in [0.25, 0.3) is 0 Å². The molecule has 1 aliphatic rings. The molecule has 0 bridgehead atoms. The molecule has 28 valence electrons. The molecule has 2 nitrogen and oxygen atoms in total. The maximum atomic E-state index is 4.62. The van der Waals surface area contributed by atoms with Crippen LogP contribution in [0.1, 0.15) is 6.92 Å². The van der Waals surface area contributed by atoms with E-state index < -0.39 is 0 Å². The highest BCUT2D eigenvalue weighted by Gasteiger charge is 2.28. The number of rotatable bonds is 0. The van der Waals surface area contributed by atoms with Gasteiger partial charge in [0.2, 0.25) is 0 Å². The van der Waals surface area contributed by atoms with Crippen LogP contribution in [-0.2, 0) is 4.62 Å². The molecule has 1 fully saturated rings. The van der Waals surface area contributed by atoms with E-state index in [-0.39, 0.29) is 7.92 Å². The lowest BCUT2D eigenvalue weighted by Crippen LogP contribution is -1.51. The average Bonchev–Trinajstić information content (AvgIpc) is 2.12. The van der Waals surface area contributed by atoms with E-state index in [1.807, 2.05) is 12.7 Å². The van der Waals surface area contributed by atoms with Gasteiger partial charge in [0.15, 0.2) is 0 Å². The summed E-state index contributed by atoms with van der Waals surface area (Å²) in [5.74, 6) is 2.01. The van der Waals surface area contributed by atoms with Crippen LogP contribution >= 0.6 is 7.92 Å². The first-order valence-electron chi connectivity index (χ1n) is 1.45. The van der Waals surface area contributed by atoms with Crippen molar-refractivity contribution in [3.8, 4) is 0 Å². The van der Waals surface area contributed by atoms with Gasteiger partial charge in [-0.3, -0.25) is 0 Å². The van der Waals surface area contributed by atoms with E-state index in [2.05, 4.69) is 9.88 Å². The summed E-state index contributed by atoms with van der Waals surface area (Å²) >= 11 is 0. The molecule has 1 saturated heterocycles. The standard InChI is InChI=1S/C2H5NOP/c1-2-5-3-4-5/h2-3H,1H3/q+1. The average molecular weight is 90.0 g/mol. The molecule has 0 radical (unpaired) electrons. The van der Waals surface area contributed by atoms with Crippen molar-refractivity contribution in [2.75, 3.05) is 0 Å². The van der Waals surface area contributed by atoms with Crippen molar-refractivity contribution < 1.29 is 4.62 Å². The molecular weight excluding hydrogens is 85.0 g/mol. The topological polar surface area (TPSA) is 34.5 Å². The molecule has 0 aromatic rings. The molecule has 0 amide bonds. The Morgan fingerprint density at radius 3 is 2.60 bits per heavy atom. The summed E-state index contributed by atoms with van der Waals surface area (Å²) < 4.78 is 4.62. The van der Waals surface area contributed by atoms with E-state index in [4.69, 9.17) is 0 Å². The van der Waals surface area contributed by atoms with Gasteiger partial charge < -0.3 is 0 Å². The SMILES string of the molecule is CC=[P+]1NO1. The Hall–Kier alpha value is 0.0900. The first-order valence-corrected chi connectivity index (χ1v) is 2.77. The summed E-state index contributed by atoms with van der Waals surface area (Å²) in [7, 11) is -0.223. The van der Waals surface area contributed by atoms with Gasteiger partial charge in [-0.25, -0.2) is 0 Å². The minimum atomic E-state index is -0.223. The molecule has 5 heavy (non-hydrogen) atoms. The van der Waals surface area contributed by atoms with E-state index >= 15 is 0 Å². The molecule has 1 unspecified atom stereocenters. The van der Waals surface area contributed by atoms with Crippen molar-refractivity contribution in [1.29, 1.82) is 0 Å². The smallest absolute Gasteiger partial charge is 0.0242 e. The molecule has 1 aliphatic heterocycles. The van der Waals surface area contributed by atoms with E-state index in [0.717, 1.165) is 0 Å². The zero-order valence-electron chi connectivity index (χ0n) is 2.93. The van der Waals surface area contributed by atoms with Crippen molar-refractivity contribution in [2.45, 2.75) is 6.92 Å². The summed E-state index contributed by atoms with van der Waals surface area (Å²) in [6, 6.07) is 0. The Bertz CT molecular complexity index is 64.0. The summed E-state index contributed by atoms with van der Waals surface area (Å²) in [5, 5.41) is 2.69. The van der Waals surface area contributed by atoms with Gasteiger partial charge in [0, 0.05) is 0 Å². The second-order valence-corrected chi connectivity index (χ2v) is 2.30. The molecular formula is C2H5NOP+. The van der Waals surface area contributed by atoms with Crippen LogP contribution in [0, 0.1) is 0 Å². The third-order valence-electron chi connectivity index (χ3n) is 0.431. The van der Waals surface area contributed by atoms with Gasteiger partial charge in [-0.15, -0.1) is 0 Å². The predicted molar refractivity (Wildman–Crippen MR) is 22.9 cm³/mol. The lowest BCUT2D eigenvalue weighted by atomic mass is 11.0. The molecule has 3 heteroatoms. The summed E-state index contributed by atoms with van der Waals surface area (Å²) in [6.45, 7) is 1.98. The Morgan fingerprint density at radius 2 is 2.60 bits per heavy atom. The molecule has 1 N–H and O–H groups in total. The fourth-order valence-corrected chi connectivity index (χ4v) is 0.528. The molecule has 1 rings (SSSR count). The second-order valence-electron chi connectivity index (χ2n) is 0.767. The first-order chi connectivity index (χ1) is 2.43. The minimum absolute atomic E-state index is 0.223. The number of nitrogens with one attached hydrogen (secondary N) is 1. The minimum Gasteiger partial charge on any atom is -0.0242 e.